The number of fused-ring (bicyclic) bond motifs is 1. The number of nitrogens with one attached hydrogen (secondary N) is 1. The average molecular weight is 303 g/mol. The van der Waals surface area contributed by atoms with Crippen LogP contribution in [0.25, 0.3) is 10.9 Å². The second-order valence-corrected chi connectivity index (χ2v) is 6.83. The third-order valence-electron chi connectivity index (χ3n) is 3.53. The normalized spacial score (nSPS) is 14.6. The van der Waals surface area contributed by atoms with Crippen molar-refractivity contribution in [1.29, 1.82) is 5.26 Å². The summed E-state index contributed by atoms with van der Waals surface area (Å²) in [6.45, 7) is 5.21. The lowest BCUT2D eigenvalue weighted by Crippen LogP contribution is -2.44. The Bertz CT molecular complexity index is 824. The van der Waals surface area contributed by atoms with E-state index in [1.807, 2.05) is 13.0 Å². The van der Waals surface area contributed by atoms with Crippen molar-refractivity contribution in [3.8, 4) is 6.07 Å². The maximum Gasteiger partial charge on any atom is 0.242 e. The smallest absolute Gasteiger partial charge is 0.242 e. The Kier molecular flexibility index (Phi) is 3.99. The largest absolute Gasteiger partial charge is 0.256 e. The highest BCUT2D eigenvalue weighted by molar-refractivity contribution is 7.89. The zero-order valence-corrected chi connectivity index (χ0v) is 13.0. The van der Waals surface area contributed by atoms with Crippen LogP contribution in [-0.4, -0.2) is 18.9 Å². The predicted molar refractivity (Wildman–Crippen MR) is 81.1 cm³/mol. The Morgan fingerprint density at radius 1 is 1.38 bits per heavy atom. The summed E-state index contributed by atoms with van der Waals surface area (Å²) >= 11 is 0. The van der Waals surface area contributed by atoms with Gasteiger partial charge in [-0.05, 0) is 44.0 Å². The fourth-order valence-electron chi connectivity index (χ4n) is 2.05. The lowest BCUT2D eigenvalue weighted by molar-refractivity contribution is 0.495. The van der Waals surface area contributed by atoms with Gasteiger partial charge < -0.3 is 0 Å². The van der Waals surface area contributed by atoms with E-state index in [-0.39, 0.29) is 4.90 Å². The van der Waals surface area contributed by atoms with E-state index < -0.39 is 15.6 Å². The molecule has 0 saturated carbocycles. The third-order valence-corrected chi connectivity index (χ3v) is 5.19. The molecule has 1 heterocycles. The molecule has 6 heteroatoms. The van der Waals surface area contributed by atoms with Gasteiger partial charge in [0.1, 0.15) is 5.54 Å². The van der Waals surface area contributed by atoms with Crippen LogP contribution in [-0.2, 0) is 10.0 Å². The van der Waals surface area contributed by atoms with Gasteiger partial charge in [0.2, 0.25) is 10.0 Å². The molecule has 21 heavy (non-hydrogen) atoms. The number of nitriles is 1. The summed E-state index contributed by atoms with van der Waals surface area (Å²) < 4.78 is 27.7. The lowest BCUT2D eigenvalue weighted by atomic mass is 10.0. The highest BCUT2D eigenvalue weighted by atomic mass is 32.2. The van der Waals surface area contributed by atoms with E-state index in [2.05, 4.69) is 9.71 Å². The molecule has 0 amide bonds. The van der Waals surface area contributed by atoms with Crippen molar-refractivity contribution in [2.24, 2.45) is 0 Å². The topological polar surface area (TPSA) is 82.9 Å². The van der Waals surface area contributed by atoms with Crippen LogP contribution < -0.4 is 4.72 Å². The monoisotopic (exact) mass is 303 g/mol. The first kappa shape index (κ1) is 15.4. The number of rotatable bonds is 4. The number of sulfonamides is 1. The van der Waals surface area contributed by atoms with Crippen molar-refractivity contribution in [2.75, 3.05) is 0 Å². The Morgan fingerprint density at radius 2 is 2.10 bits per heavy atom. The molecule has 5 nitrogen and oxygen atoms in total. The molecule has 2 rings (SSSR count). The van der Waals surface area contributed by atoms with Crippen molar-refractivity contribution >= 4 is 20.9 Å². The average Bonchev–Trinajstić information content (AvgIpc) is 2.47. The zero-order valence-electron chi connectivity index (χ0n) is 12.2. The maximum absolute atomic E-state index is 12.6. The molecule has 0 spiro atoms. The summed E-state index contributed by atoms with van der Waals surface area (Å²) in [5.74, 6) is 0. The van der Waals surface area contributed by atoms with Gasteiger partial charge in [-0.1, -0.05) is 13.0 Å². The molecule has 0 radical (unpaired) electrons. The van der Waals surface area contributed by atoms with Crippen molar-refractivity contribution in [2.45, 2.75) is 37.6 Å². The molecule has 0 aliphatic carbocycles. The van der Waals surface area contributed by atoms with Gasteiger partial charge in [-0.15, -0.1) is 0 Å². The van der Waals surface area contributed by atoms with Crippen LogP contribution in [0.1, 0.15) is 25.8 Å². The molecule has 1 aromatic carbocycles. The SMILES string of the molecule is CCC(C)(C#N)NS(=O)(=O)c1ccc(C)c2ncccc12. The molecular formula is C15H17N3O2S. The number of pyridine rings is 1. The molecule has 0 aliphatic heterocycles. The van der Waals surface area contributed by atoms with E-state index in [4.69, 9.17) is 5.26 Å². The van der Waals surface area contributed by atoms with Crippen LogP contribution in [0.4, 0.5) is 0 Å². The molecule has 0 bridgehead atoms. The van der Waals surface area contributed by atoms with Crippen LogP contribution >= 0.6 is 0 Å². The summed E-state index contributed by atoms with van der Waals surface area (Å²) in [5, 5.41) is 9.72. The summed E-state index contributed by atoms with van der Waals surface area (Å²) in [5.41, 5.74) is 0.428. The number of benzene rings is 1. The van der Waals surface area contributed by atoms with Gasteiger partial charge in [0, 0.05) is 11.6 Å². The summed E-state index contributed by atoms with van der Waals surface area (Å²) in [7, 11) is -3.80. The first-order valence-corrected chi connectivity index (χ1v) is 8.11. The zero-order chi connectivity index (χ0) is 15.7. The Hall–Kier alpha value is -1.97. The van der Waals surface area contributed by atoms with Crippen LogP contribution in [0.3, 0.4) is 0 Å². The first-order chi connectivity index (χ1) is 9.83. The third kappa shape index (κ3) is 2.89. The van der Waals surface area contributed by atoms with Crippen molar-refractivity contribution in [3.05, 3.63) is 36.0 Å². The van der Waals surface area contributed by atoms with Crippen LogP contribution in [0, 0.1) is 18.3 Å². The van der Waals surface area contributed by atoms with E-state index in [9.17, 15) is 8.42 Å². The molecule has 1 atom stereocenters. The van der Waals surface area contributed by atoms with Gasteiger partial charge in [-0.3, -0.25) is 4.98 Å². The van der Waals surface area contributed by atoms with E-state index in [1.54, 1.807) is 44.3 Å². The number of hydrogen-bond acceptors (Lipinski definition) is 4. The molecular weight excluding hydrogens is 286 g/mol. The molecule has 1 N–H and O–H groups in total. The molecule has 1 aromatic heterocycles. The second kappa shape index (κ2) is 5.43. The number of nitrogens with zero attached hydrogens (tertiary/aromatic N) is 2. The second-order valence-electron chi connectivity index (χ2n) is 5.18. The van der Waals surface area contributed by atoms with Gasteiger partial charge >= 0.3 is 0 Å². The standard InChI is InChI=1S/C15H17N3O2S/c1-4-15(3,10-16)18-21(19,20)13-8-7-11(2)14-12(13)6-5-9-17-14/h5-9,18H,4H2,1-3H3. The van der Waals surface area contributed by atoms with Crippen molar-refractivity contribution < 1.29 is 8.42 Å². The highest BCUT2D eigenvalue weighted by Crippen LogP contribution is 2.25. The molecule has 0 aliphatic rings. The lowest BCUT2D eigenvalue weighted by Gasteiger charge is -2.21. The van der Waals surface area contributed by atoms with Gasteiger partial charge in [-0.2, -0.15) is 9.98 Å². The summed E-state index contributed by atoms with van der Waals surface area (Å²) in [6.07, 6.45) is 2.01. The van der Waals surface area contributed by atoms with E-state index >= 15 is 0 Å². The summed E-state index contributed by atoms with van der Waals surface area (Å²) in [4.78, 5) is 4.38. The fourth-order valence-corrected chi connectivity index (χ4v) is 3.64. The molecule has 0 saturated heterocycles. The maximum atomic E-state index is 12.6. The molecule has 110 valence electrons. The van der Waals surface area contributed by atoms with Crippen LogP contribution in [0.2, 0.25) is 0 Å². The van der Waals surface area contributed by atoms with E-state index in [1.165, 1.54) is 0 Å². The summed E-state index contributed by atoms with van der Waals surface area (Å²) in [6, 6.07) is 8.70. The number of aryl methyl sites for hydroxylation is 1. The van der Waals surface area contributed by atoms with Crippen molar-refractivity contribution in [3.63, 3.8) is 0 Å². The highest BCUT2D eigenvalue weighted by Gasteiger charge is 2.30. The molecule has 0 fully saturated rings. The Labute approximate surface area is 124 Å². The number of hydrogen-bond donors (Lipinski definition) is 1. The number of aromatic nitrogens is 1. The van der Waals surface area contributed by atoms with Crippen LogP contribution in [0.15, 0.2) is 35.4 Å². The Morgan fingerprint density at radius 3 is 2.71 bits per heavy atom. The Balaban J connectivity index is 2.62. The van der Waals surface area contributed by atoms with E-state index in [0.29, 0.717) is 17.3 Å². The molecule has 2 aromatic rings. The minimum absolute atomic E-state index is 0.145. The van der Waals surface area contributed by atoms with Crippen molar-refractivity contribution in [1.82, 2.24) is 9.71 Å². The van der Waals surface area contributed by atoms with Gasteiger partial charge in [0.25, 0.3) is 0 Å². The quantitative estimate of drug-likeness (QED) is 0.940. The van der Waals surface area contributed by atoms with Crippen LogP contribution in [0.5, 0.6) is 0 Å². The van der Waals surface area contributed by atoms with Gasteiger partial charge in [-0.25, -0.2) is 8.42 Å². The van der Waals surface area contributed by atoms with Gasteiger partial charge in [0.05, 0.1) is 16.5 Å². The first-order valence-electron chi connectivity index (χ1n) is 6.62. The van der Waals surface area contributed by atoms with E-state index in [0.717, 1.165) is 5.56 Å². The minimum Gasteiger partial charge on any atom is -0.256 e. The van der Waals surface area contributed by atoms with Gasteiger partial charge in [0.15, 0.2) is 0 Å². The predicted octanol–water partition coefficient (Wildman–Crippen LogP) is 2.51. The molecule has 1 unspecified atom stereocenters. The fraction of sp³-hybridized carbons (Fsp3) is 0.333. The minimum atomic E-state index is -3.80.